The van der Waals surface area contributed by atoms with Gasteiger partial charge in [0, 0.05) is 12.3 Å². The number of ether oxygens (including phenoxy) is 1. The Morgan fingerprint density at radius 2 is 2.00 bits per heavy atom. The molecule has 0 amide bonds. The third-order valence-corrected chi connectivity index (χ3v) is 3.64. The van der Waals surface area contributed by atoms with E-state index in [-0.39, 0.29) is 17.5 Å². The second kappa shape index (κ2) is 9.96. The fraction of sp³-hybridized carbons (Fsp3) is 0.235. The van der Waals surface area contributed by atoms with Gasteiger partial charge in [-0.1, -0.05) is 6.08 Å². The lowest BCUT2D eigenvalue weighted by molar-refractivity contribution is -0.274. The van der Waals surface area contributed by atoms with Crippen LogP contribution in [-0.4, -0.2) is 44.5 Å². The minimum atomic E-state index is -4.76. The van der Waals surface area contributed by atoms with Crippen molar-refractivity contribution in [3.63, 3.8) is 0 Å². The van der Waals surface area contributed by atoms with Gasteiger partial charge in [-0.3, -0.25) is 0 Å². The second-order valence-corrected chi connectivity index (χ2v) is 5.77. The van der Waals surface area contributed by atoms with Crippen LogP contribution in [0.4, 0.5) is 23.5 Å². The number of carbonyl (C=O) groups is 1. The van der Waals surface area contributed by atoms with Gasteiger partial charge >= 0.3 is 12.3 Å². The summed E-state index contributed by atoms with van der Waals surface area (Å²) in [6.45, 7) is 0.342. The SMILES string of the molecule is O=C(O)C(/C=C\CCNc1ncn(-c2ccc(OC(F)(F)F)cc2)n1)=C(\F)CS. The van der Waals surface area contributed by atoms with E-state index in [1.807, 2.05) is 0 Å². The van der Waals surface area contributed by atoms with E-state index < -0.39 is 23.7 Å². The molecule has 1 aromatic carbocycles. The van der Waals surface area contributed by atoms with E-state index in [0.29, 0.717) is 18.7 Å². The molecule has 156 valence electrons. The van der Waals surface area contributed by atoms with Crippen LogP contribution in [-0.2, 0) is 4.79 Å². The van der Waals surface area contributed by atoms with E-state index in [0.717, 1.165) is 18.2 Å². The number of hydrogen-bond acceptors (Lipinski definition) is 6. The molecule has 0 radical (unpaired) electrons. The number of anilines is 1. The zero-order valence-electron chi connectivity index (χ0n) is 14.7. The zero-order chi connectivity index (χ0) is 21.4. The van der Waals surface area contributed by atoms with Crippen LogP contribution >= 0.6 is 12.6 Å². The quantitative estimate of drug-likeness (QED) is 0.184. The lowest BCUT2D eigenvalue weighted by Gasteiger charge is -2.09. The Balaban J connectivity index is 1.89. The molecule has 2 rings (SSSR count). The van der Waals surface area contributed by atoms with Gasteiger partial charge in [0.25, 0.3) is 0 Å². The molecule has 0 saturated carbocycles. The lowest BCUT2D eigenvalue weighted by Crippen LogP contribution is -2.17. The fourth-order valence-electron chi connectivity index (χ4n) is 2.10. The lowest BCUT2D eigenvalue weighted by atomic mass is 10.2. The van der Waals surface area contributed by atoms with Crippen LogP contribution in [0, 0.1) is 0 Å². The normalized spacial score (nSPS) is 12.7. The zero-order valence-corrected chi connectivity index (χ0v) is 15.6. The van der Waals surface area contributed by atoms with E-state index in [2.05, 4.69) is 32.8 Å². The van der Waals surface area contributed by atoms with Gasteiger partial charge in [-0.05, 0) is 36.8 Å². The average Bonchev–Trinajstić information content (AvgIpc) is 3.12. The van der Waals surface area contributed by atoms with Crippen molar-refractivity contribution in [3.8, 4) is 11.4 Å². The Bertz CT molecular complexity index is 895. The van der Waals surface area contributed by atoms with Crippen molar-refractivity contribution in [2.24, 2.45) is 0 Å². The maximum absolute atomic E-state index is 13.4. The molecule has 0 aliphatic heterocycles. The van der Waals surface area contributed by atoms with Crippen LogP contribution < -0.4 is 10.1 Å². The van der Waals surface area contributed by atoms with Gasteiger partial charge in [0.15, 0.2) is 0 Å². The maximum atomic E-state index is 13.4. The summed E-state index contributed by atoms with van der Waals surface area (Å²) in [6.07, 6.45) is -0.387. The molecule has 12 heteroatoms. The Labute approximate surface area is 168 Å². The fourth-order valence-corrected chi connectivity index (χ4v) is 2.27. The summed E-state index contributed by atoms with van der Waals surface area (Å²) >= 11 is 3.70. The highest BCUT2D eigenvalue weighted by Crippen LogP contribution is 2.23. The molecule has 0 aliphatic carbocycles. The summed E-state index contributed by atoms with van der Waals surface area (Å²) in [5, 5.41) is 15.9. The van der Waals surface area contributed by atoms with Gasteiger partial charge in [-0.2, -0.15) is 12.6 Å². The number of nitrogens with zero attached hydrogens (tertiary/aromatic N) is 3. The van der Waals surface area contributed by atoms with E-state index in [4.69, 9.17) is 5.11 Å². The largest absolute Gasteiger partial charge is 0.573 e. The van der Waals surface area contributed by atoms with E-state index >= 15 is 0 Å². The molecule has 0 atom stereocenters. The molecule has 7 nitrogen and oxygen atoms in total. The molecule has 2 aromatic rings. The molecule has 0 spiro atoms. The minimum Gasteiger partial charge on any atom is -0.478 e. The van der Waals surface area contributed by atoms with Crippen LogP contribution in [0.1, 0.15) is 6.42 Å². The standard InChI is InChI=1S/C17H16F4N4O3S/c18-14(9-29)13(15(26)27)3-1-2-8-22-16-23-10-25(24-16)11-4-6-12(7-5-11)28-17(19,20)21/h1,3-7,10,29H,2,8-9H2,(H,22,24)(H,26,27)/b3-1-,14-13-. The number of carboxylic acid groups (broad SMARTS) is 1. The van der Waals surface area contributed by atoms with Crippen LogP contribution in [0.25, 0.3) is 5.69 Å². The summed E-state index contributed by atoms with van der Waals surface area (Å²) < 4.78 is 55.0. The predicted octanol–water partition coefficient (Wildman–Crippen LogP) is 3.76. The van der Waals surface area contributed by atoms with Gasteiger partial charge in [-0.25, -0.2) is 18.9 Å². The summed E-state index contributed by atoms with van der Waals surface area (Å²) in [4.78, 5) is 14.9. The Morgan fingerprint density at radius 1 is 1.31 bits per heavy atom. The van der Waals surface area contributed by atoms with Gasteiger partial charge < -0.3 is 15.2 Å². The average molecular weight is 432 g/mol. The molecule has 0 aliphatic rings. The molecule has 2 N–H and O–H groups in total. The van der Waals surface area contributed by atoms with Crippen molar-refractivity contribution < 1.29 is 32.2 Å². The van der Waals surface area contributed by atoms with E-state index in [1.54, 1.807) is 0 Å². The highest BCUT2D eigenvalue weighted by Gasteiger charge is 2.30. The number of nitrogens with one attached hydrogen (secondary N) is 1. The number of alkyl halides is 3. The monoisotopic (exact) mass is 432 g/mol. The van der Waals surface area contributed by atoms with Gasteiger partial charge in [0.2, 0.25) is 5.95 Å². The highest BCUT2D eigenvalue weighted by atomic mass is 32.1. The Hall–Kier alpha value is -3.02. The topological polar surface area (TPSA) is 89.3 Å². The number of rotatable bonds is 9. The summed E-state index contributed by atoms with van der Waals surface area (Å²) in [7, 11) is 0. The number of thiol groups is 1. The summed E-state index contributed by atoms with van der Waals surface area (Å²) in [5.41, 5.74) is 0.0128. The number of benzene rings is 1. The molecule has 0 unspecified atom stereocenters. The number of aliphatic carboxylic acids is 1. The molecule has 1 heterocycles. The van der Waals surface area contributed by atoms with Crippen molar-refractivity contribution in [1.82, 2.24) is 14.8 Å². The Morgan fingerprint density at radius 3 is 2.59 bits per heavy atom. The molecule has 0 fully saturated rings. The van der Waals surface area contributed by atoms with Crippen LogP contribution in [0.3, 0.4) is 0 Å². The molecular weight excluding hydrogens is 416 g/mol. The Kier molecular flexibility index (Phi) is 7.65. The van der Waals surface area contributed by atoms with Crippen molar-refractivity contribution in [2.45, 2.75) is 12.8 Å². The van der Waals surface area contributed by atoms with Crippen molar-refractivity contribution in [1.29, 1.82) is 0 Å². The highest BCUT2D eigenvalue weighted by molar-refractivity contribution is 7.80. The minimum absolute atomic E-state index is 0.254. The van der Waals surface area contributed by atoms with E-state index in [1.165, 1.54) is 29.2 Å². The van der Waals surface area contributed by atoms with E-state index in [9.17, 15) is 22.4 Å². The molecular formula is C17H16F4N4O3S. The molecule has 29 heavy (non-hydrogen) atoms. The summed E-state index contributed by atoms with van der Waals surface area (Å²) in [6, 6.07) is 5.08. The molecule has 0 bridgehead atoms. The smallest absolute Gasteiger partial charge is 0.478 e. The second-order valence-electron chi connectivity index (χ2n) is 5.45. The first-order valence-corrected chi connectivity index (χ1v) is 8.74. The molecule has 1 aromatic heterocycles. The third-order valence-electron chi connectivity index (χ3n) is 3.37. The van der Waals surface area contributed by atoms with Gasteiger partial charge in [0.1, 0.15) is 17.9 Å². The van der Waals surface area contributed by atoms with Crippen LogP contribution in [0.2, 0.25) is 0 Å². The number of hydrogen-bond donors (Lipinski definition) is 3. The van der Waals surface area contributed by atoms with Gasteiger partial charge in [-0.15, -0.1) is 18.3 Å². The third kappa shape index (κ3) is 7.14. The number of aromatic nitrogens is 3. The first kappa shape index (κ1) is 22.3. The number of halogens is 4. The van der Waals surface area contributed by atoms with Crippen molar-refractivity contribution in [2.75, 3.05) is 17.6 Å². The van der Waals surface area contributed by atoms with Gasteiger partial charge in [0.05, 0.1) is 11.3 Å². The number of carboxylic acids is 1. The predicted molar refractivity (Wildman–Crippen MR) is 99.9 cm³/mol. The first-order valence-electron chi connectivity index (χ1n) is 8.10. The summed E-state index contributed by atoms with van der Waals surface area (Å²) in [5.74, 6) is -2.63. The van der Waals surface area contributed by atoms with Crippen LogP contribution in [0.5, 0.6) is 5.75 Å². The molecule has 0 saturated heterocycles. The van der Waals surface area contributed by atoms with Crippen molar-refractivity contribution in [3.05, 3.63) is 54.1 Å². The van der Waals surface area contributed by atoms with Crippen LogP contribution in [0.15, 0.2) is 54.1 Å². The van der Waals surface area contributed by atoms with Crippen molar-refractivity contribution >= 4 is 24.5 Å². The first-order chi connectivity index (χ1) is 13.7. The maximum Gasteiger partial charge on any atom is 0.573 e.